The van der Waals surface area contributed by atoms with Gasteiger partial charge in [0.05, 0.1) is 6.20 Å². The Morgan fingerprint density at radius 2 is 1.88 bits per heavy atom. The van der Waals surface area contributed by atoms with E-state index in [9.17, 15) is 14.4 Å². The molecule has 0 aromatic carbocycles. The van der Waals surface area contributed by atoms with Gasteiger partial charge in [0.2, 0.25) is 0 Å². The molecule has 3 aromatic heterocycles. The van der Waals surface area contributed by atoms with Crippen LogP contribution < -0.4 is 16.6 Å². The molecule has 0 aliphatic heterocycles. The molecule has 0 saturated heterocycles. The summed E-state index contributed by atoms with van der Waals surface area (Å²) in [6.07, 6.45) is 9.52. The van der Waals surface area contributed by atoms with Gasteiger partial charge in [-0.05, 0) is 55.7 Å². The number of aromatic nitrogens is 5. The molecule has 3 heterocycles. The molecule has 2 N–H and O–H groups in total. The Labute approximate surface area is 185 Å². The molecule has 1 aliphatic rings. The van der Waals surface area contributed by atoms with Crippen LogP contribution in [0.2, 0.25) is 0 Å². The lowest BCUT2D eigenvalue weighted by Gasteiger charge is -2.28. The quantitative estimate of drug-likeness (QED) is 0.634. The van der Waals surface area contributed by atoms with E-state index < -0.39 is 17.2 Å². The van der Waals surface area contributed by atoms with E-state index in [0.717, 1.165) is 52.6 Å². The SMILES string of the molecule is Cc1cnccc1-c1cn[nH]c1C1CCC(CNC(=O)c2cc(=O)n(C)c(=O)n2C)CC1. The van der Waals surface area contributed by atoms with Crippen molar-refractivity contribution in [3.05, 3.63) is 68.5 Å². The van der Waals surface area contributed by atoms with Gasteiger partial charge in [-0.2, -0.15) is 5.10 Å². The van der Waals surface area contributed by atoms with Crippen molar-refractivity contribution in [1.29, 1.82) is 0 Å². The lowest BCUT2D eigenvalue weighted by Crippen LogP contribution is -2.42. The van der Waals surface area contributed by atoms with Crippen molar-refractivity contribution in [2.75, 3.05) is 6.54 Å². The largest absolute Gasteiger partial charge is 0.350 e. The van der Waals surface area contributed by atoms with Crippen LogP contribution in [0.3, 0.4) is 0 Å². The lowest BCUT2D eigenvalue weighted by atomic mass is 9.79. The summed E-state index contributed by atoms with van der Waals surface area (Å²) in [5.41, 5.74) is 3.66. The summed E-state index contributed by atoms with van der Waals surface area (Å²) in [5.74, 6) is 0.353. The van der Waals surface area contributed by atoms with E-state index in [4.69, 9.17) is 0 Å². The normalized spacial score (nSPS) is 18.5. The minimum atomic E-state index is -0.511. The van der Waals surface area contributed by atoms with E-state index in [0.29, 0.717) is 18.4 Å². The number of aryl methyl sites for hydroxylation is 1. The predicted octanol–water partition coefficient (Wildman–Crippen LogP) is 1.88. The van der Waals surface area contributed by atoms with Gasteiger partial charge in [-0.1, -0.05) is 0 Å². The van der Waals surface area contributed by atoms with E-state index in [-0.39, 0.29) is 5.69 Å². The number of rotatable bonds is 5. The first-order chi connectivity index (χ1) is 15.4. The second-order valence-corrected chi connectivity index (χ2v) is 8.58. The van der Waals surface area contributed by atoms with Crippen LogP contribution in [0, 0.1) is 12.8 Å². The van der Waals surface area contributed by atoms with E-state index in [1.54, 1.807) is 6.20 Å². The number of pyridine rings is 1. The van der Waals surface area contributed by atoms with Gasteiger partial charge in [-0.3, -0.25) is 28.8 Å². The monoisotopic (exact) mass is 436 g/mol. The summed E-state index contributed by atoms with van der Waals surface area (Å²) in [5, 5.41) is 10.4. The Morgan fingerprint density at radius 1 is 1.12 bits per heavy atom. The molecule has 1 fully saturated rings. The van der Waals surface area contributed by atoms with E-state index in [1.165, 1.54) is 24.7 Å². The maximum Gasteiger partial charge on any atom is 0.331 e. The van der Waals surface area contributed by atoms with Crippen LogP contribution >= 0.6 is 0 Å². The summed E-state index contributed by atoms with van der Waals surface area (Å²) in [6, 6.07) is 3.23. The Bertz CT molecular complexity index is 1250. The molecule has 3 aromatic rings. The molecule has 9 heteroatoms. The molecule has 168 valence electrons. The highest BCUT2D eigenvalue weighted by Crippen LogP contribution is 2.39. The Balaban J connectivity index is 1.37. The number of nitrogens with zero attached hydrogens (tertiary/aromatic N) is 4. The number of H-pyrrole nitrogens is 1. The summed E-state index contributed by atoms with van der Waals surface area (Å²) >= 11 is 0. The fourth-order valence-corrected chi connectivity index (χ4v) is 4.53. The van der Waals surface area contributed by atoms with Crippen LogP contribution in [-0.4, -0.2) is 36.8 Å². The van der Waals surface area contributed by atoms with Gasteiger partial charge in [-0.15, -0.1) is 0 Å². The first kappa shape index (κ1) is 21.7. The van der Waals surface area contributed by atoms with Gasteiger partial charge in [-0.25, -0.2) is 4.79 Å². The minimum Gasteiger partial charge on any atom is -0.350 e. The van der Waals surface area contributed by atoms with E-state index >= 15 is 0 Å². The van der Waals surface area contributed by atoms with Crippen LogP contribution in [0.5, 0.6) is 0 Å². The van der Waals surface area contributed by atoms with Crippen LogP contribution in [0.4, 0.5) is 0 Å². The second-order valence-electron chi connectivity index (χ2n) is 8.58. The molecule has 1 saturated carbocycles. The van der Waals surface area contributed by atoms with Gasteiger partial charge < -0.3 is 5.32 Å². The highest BCUT2D eigenvalue weighted by atomic mass is 16.2. The summed E-state index contributed by atoms with van der Waals surface area (Å²) in [7, 11) is 2.89. The Morgan fingerprint density at radius 3 is 2.59 bits per heavy atom. The zero-order valence-electron chi connectivity index (χ0n) is 18.6. The standard InChI is InChI=1S/C23H28N6O3/c1-14-11-24-9-8-17(14)18-13-26-27-21(18)16-6-4-15(5-7-16)12-25-22(31)19-10-20(30)29(3)23(32)28(19)2/h8-11,13,15-16H,4-7,12H2,1-3H3,(H,25,31)(H,26,27). The molecule has 32 heavy (non-hydrogen) atoms. The fourth-order valence-electron chi connectivity index (χ4n) is 4.53. The average Bonchev–Trinajstić information content (AvgIpc) is 3.28. The number of carbonyl (C=O) groups excluding carboxylic acids is 1. The zero-order chi connectivity index (χ0) is 22.8. The molecule has 1 amide bonds. The number of nitrogens with one attached hydrogen (secondary N) is 2. The topological polar surface area (TPSA) is 115 Å². The first-order valence-electron chi connectivity index (χ1n) is 10.9. The van der Waals surface area contributed by atoms with Crippen molar-refractivity contribution in [3.63, 3.8) is 0 Å². The minimum absolute atomic E-state index is 0.0848. The van der Waals surface area contributed by atoms with Crippen molar-refractivity contribution in [3.8, 4) is 11.1 Å². The third kappa shape index (κ3) is 4.15. The van der Waals surface area contributed by atoms with Crippen molar-refractivity contribution < 1.29 is 4.79 Å². The summed E-state index contributed by atoms with van der Waals surface area (Å²) < 4.78 is 2.18. The molecule has 0 atom stereocenters. The molecule has 0 bridgehead atoms. The second kappa shape index (κ2) is 8.94. The number of amides is 1. The van der Waals surface area contributed by atoms with E-state index in [2.05, 4.69) is 27.4 Å². The van der Waals surface area contributed by atoms with Crippen LogP contribution in [0.1, 0.15) is 53.3 Å². The number of hydrogen-bond acceptors (Lipinski definition) is 5. The molecule has 0 spiro atoms. The van der Waals surface area contributed by atoms with Gasteiger partial charge in [0.15, 0.2) is 0 Å². The van der Waals surface area contributed by atoms with Gasteiger partial charge in [0.1, 0.15) is 5.69 Å². The van der Waals surface area contributed by atoms with Crippen molar-refractivity contribution in [2.24, 2.45) is 20.0 Å². The number of aromatic amines is 1. The van der Waals surface area contributed by atoms with Crippen molar-refractivity contribution in [1.82, 2.24) is 29.6 Å². The molecular formula is C23H28N6O3. The maximum absolute atomic E-state index is 12.6. The van der Waals surface area contributed by atoms with Gasteiger partial charge >= 0.3 is 5.69 Å². The third-order valence-electron chi connectivity index (χ3n) is 6.54. The predicted molar refractivity (Wildman–Crippen MR) is 121 cm³/mol. The van der Waals surface area contributed by atoms with Crippen LogP contribution in [0.15, 0.2) is 40.3 Å². The molecular weight excluding hydrogens is 408 g/mol. The molecule has 0 radical (unpaired) electrons. The Hall–Kier alpha value is -3.49. The molecule has 9 nitrogen and oxygen atoms in total. The average molecular weight is 437 g/mol. The zero-order valence-corrected chi connectivity index (χ0v) is 18.6. The van der Waals surface area contributed by atoms with Gasteiger partial charge in [0.25, 0.3) is 11.5 Å². The van der Waals surface area contributed by atoms with Gasteiger partial charge in [0, 0.05) is 56.3 Å². The number of carbonyl (C=O) groups is 1. The first-order valence-corrected chi connectivity index (χ1v) is 10.9. The fraction of sp³-hybridized carbons (Fsp3) is 0.435. The highest BCUT2D eigenvalue weighted by Gasteiger charge is 2.26. The molecule has 0 unspecified atom stereocenters. The van der Waals surface area contributed by atoms with Crippen molar-refractivity contribution >= 4 is 5.91 Å². The maximum atomic E-state index is 12.6. The smallest absolute Gasteiger partial charge is 0.331 e. The molecule has 4 rings (SSSR count). The summed E-state index contributed by atoms with van der Waals surface area (Å²) in [4.78, 5) is 40.7. The lowest BCUT2D eigenvalue weighted by molar-refractivity contribution is 0.0932. The Kier molecular flexibility index (Phi) is 6.07. The highest BCUT2D eigenvalue weighted by molar-refractivity contribution is 5.92. The molecule has 1 aliphatic carbocycles. The van der Waals surface area contributed by atoms with Crippen molar-refractivity contribution in [2.45, 2.75) is 38.5 Å². The third-order valence-corrected chi connectivity index (χ3v) is 6.54. The van der Waals surface area contributed by atoms with Crippen LogP contribution in [-0.2, 0) is 14.1 Å². The number of hydrogen-bond donors (Lipinski definition) is 2. The van der Waals surface area contributed by atoms with E-state index in [1.807, 2.05) is 18.5 Å². The summed E-state index contributed by atoms with van der Waals surface area (Å²) in [6.45, 7) is 2.57. The van der Waals surface area contributed by atoms with Crippen LogP contribution in [0.25, 0.3) is 11.1 Å².